The van der Waals surface area contributed by atoms with Gasteiger partial charge >= 0.3 is 0 Å². The summed E-state index contributed by atoms with van der Waals surface area (Å²) in [6, 6.07) is 0. The van der Waals surface area contributed by atoms with E-state index in [0.717, 1.165) is 56.0 Å². The van der Waals surface area contributed by atoms with Crippen LogP contribution in [0.3, 0.4) is 0 Å². The molecular weight excluding hydrogens is 288 g/mol. The van der Waals surface area contributed by atoms with Crippen LogP contribution >= 0.6 is 12.4 Å². The molecule has 0 unspecified atom stereocenters. The van der Waals surface area contributed by atoms with Gasteiger partial charge in [-0.15, -0.1) is 12.4 Å². The van der Waals surface area contributed by atoms with E-state index in [4.69, 9.17) is 0 Å². The van der Waals surface area contributed by atoms with Crippen LogP contribution < -0.4 is 5.32 Å². The summed E-state index contributed by atoms with van der Waals surface area (Å²) in [4.78, 5) is 14.6. The smallest absolute Gasteiger partial charge is 0.257 e. The molecular formula is C15H27ClN4O. The molecule has 0 saturated carbocycles. The number of nitrogens with one attached hydrogen (secondary N) is 1. The molecule has 5 nitrogen and oxygen atoms in total. The van der Waals surface area contributed by atoms with Gasteiger partial charge in [0.05, 0.1) is 11.3 Å². The number of halogens is 1. The van der Waals surface area contributed by atoms with Crippen LogP contribution in [0.2, 0.25) is 0 Å². The Balaban J connectivity index is 0.00000220. The first-order valence-electron chi connectivity index (χ1n) is 7.54. The lowest BCUT2D eigenvalue weighted by atomic mass is 9.96. The van der Waals surface area contributed by atoms with Crippen molar-refractivity contribution < 1.29 is 4.79 Å². The van der Waals surface area contributed by atoms with Crippen molar-refractivity contribution in [2.24, 2.45) is 13.0 Å². The van der Waals surface area contributed by atoms with Crippen molar-refractivity contribution in [1.29, 1.82) is 0 Å². The Bertz CT molecular complexity index is 478. The fourth-order valence-corrected chi connectivity index (χ4v) is 2.93. The molecule has 1 aromatic rings. The van der Waals surface area contributed by atoms with E-state index in [1.165, 1.54) is 0 Å². The Hall–Kier alpha value is -1.07. The second-order valence-electron chi connectivity index (χ2n) is 5.71. The number of piperidine rings is 1. The quantitative estimate of drug-likeness (QED) is 0.924. The fraction of sp³-hybridized carbons (Fsp3) is 0.733. The zero-order chi connectivity index (χ0) is 14.7. The van der Waals surface area contributed by atoms with Crippen molar-refractivity contribution in [2.75, 3.05) is 26.2 Å². The molecule has 1 aromatic heterocycles. The number of nitrogens with zero attached hydrogens (tertiary/aromatic N) is 3. The van der Waals surface area contributed by atoms with E-state index in [9.17, 15) is 4.79 Å². The minimum absolute atomic E-state index is 0. The van der Waals surface area contributed by atoms with E-state index in [1.807, 2.05) is 25.8 Å². The molecule has 0 aromatic carbocycles. The number of aryl methyl sites for hydroxylation is 2. The second-order valence-corrected chi connectivity index (χ2v) is 5.71. The van der Waals surface area contributed by atoms with Crippen molar-refractivity contribution in [3.05, 3.63) is 17.0 Å². The SMILES string of the molecule is CCNCC1CCN(C(=O)c2c(C)nn(C)c2C)CC1.Cl. The Labute approximate surface area is 133 Å². The number of likely N-dealkylation sites (tertiary alicyclic amines) is 1. The van der Waals surface area contributed by atoms with Crippen molar-refractivity contribution in [1.82, 2.24) is 20.0 Å². The van der Waals surface area contributed by atoms with Gasteiger partial charge in [0, 0.05) is 25.8 Å². The van der Waals surface area contributed by atoms with E-state index >= 15 is 0 Å². The minimum atomic E-state index is 0. The first kappa shape index (κ1) is 18.0. The largest absolute Gasteiger partial charge is 0.339 e. The number of amides is 1. The fourth-order valence-electron chi connectivity index (χ4n) is 2.93. The van der Waals surface area contributed by atoms with E-state index in [1.54, 1.807) is 4.68 Å². The van der Waals surface area contributed by atoms with Gasteiger partial charge in [-0.2, -0.15) is 5.10 Å². The summed E-state index contributed by atoms with van der Waals surface area (Å²) in [5, 5.41) is 7.74. The molecule has 2 rings (SSSR count). The van der Waals surface area contributed by atoms with E-state index < -0.39 is 0 Å². The van der Waals surface area contributed by atoms with Gasteiger partial charge in [0.2, 0.25) is 0 Å². The predicted octanol–water partition coefficient (Wildman–Crippen LogP) is 1.92. The van der Waals surface area contributed by atoms with Crippen LogP contribution in [-0.2, 0) is 7.05 Å². The van der Waals surface area contributed by atoms with Gasteiger partial charge in [-0.05, 0) is 45.7 Å². The molecule has 0 radical (unpaired) electrons. The van der Waals surface area contributed by atoms with Crippen molar-refractivity contribution >= 4 is 18.3 Å². The lowest BCUT2D eigenvalue weighted by molar-refractivity contribution is 0.0688. The Morgan fingerprint density at radius 3 is 2.43 bits per heavy atom. The van der Waals surface area contributed by atoms with Gasteiger partial charge in [0.25, 0.3) is 5.91 Å². The molecule has 1 aliphatic rings. The minimum Gasteiger partial charge on any atom is -0.339 e. The Kier molecular flexibility index (Phi) is 6.68. The van der Waals surface area contributed by atoms with Gasteiger partial charge in [-0.1, -0.05) is 6.92 Å². The van der Waals surface area contributed by atoms with Crippen LogP contribution in [0.25, 0.3) is 0 Å². The van der Waals surface area contributed by atoms with E-state index in [-0.39, 0.29) is 18.3 Å². The molecule has 1 saturated heterocycles. The summed E-state index contributed by atoms with van der Waals surface area (Å²) >= 11 is 0. The summed E-state index contributed by atoms with van der Waals surface area (Å²) in [6.45, 7) is 9.83. The molecule has 6 heteroatoms. The van der Waals surface area contributed by atoms with Crippen LogP contribution in [0.5, 0.6) is 0 Å². The molecule has 0 aliphatic carbocycles. The molecule has 2 heterocycles. The van der Waals surface area contributed by atoms with Crippen LogP contribution in [-0.4, -0.2) is 46.8 Å². The third kappa shape index (κ3) is 3.98. The van der Waals surface area contributed by atoms with E-state index in [2.05, 4.69) is 17.3 Å². The predicted molar refractivity (Wildman–Crippen MR) is 87.1 cm³/mol. The number of rotatable bonds is 4. The van der Waals surface area contributed by atoms with Gasteiger partial charge in [0.15, 0.2) is 0 Å². The standard InChI is InChI=1S/C15H26N4O.ClH/c1-5-16-10-13-6-8-19(9-7-13)15(20)14-11(2)17-18(4)12(14)3;/h13,16H,5-10H2,1-4H3;1H. The van der Waals surface area contributed by atoms with Gasteiger partial charge in [-0.3, -0.25) is 9.48 Å². The molecule has 1 aliphatic heterocycles. The summed E-state index contributed by atoms with van der Waals surface area (Å²) < 4.78 is 1.79. The maximum atomic E-state index is 12.6. The van der Waals surface area contributed by atoms with E-state index in [0.29, 0.717) is 5.92 Å². The highest BCUT2D eigenvalue weighted by atomic mass is 35.5. The van der Waals surface area contributed by atoms with Crippen LogP contribution in [0.15, 0.2) is 0 Å². The van der Waals surface area contributed by atoms with Crippen molar-refractivity contribution in [3.63, 3.8) is 0 Å². The molecule has 120 valence electrons. The van der Waals surface area contributed by atoms with Crippen molar-refractivity contribution in [2.45, 2.75) is 33.6 Å². The second kappa shape index (κ2) is 7.80. The number of carbonyl (C=O) groups excluding carboxylic acids is 1. The summed E-state index contributed by atoms with van der Waals surface area (Å²) in [7, 11) is 1.89. The molecule has 1 amide bonds. The highest BCUT2D eigenvalue weighted by molar-refractivity contribution is 5.96. The summed E-state index contributed by atoms with van der Waals surface area (Å²) in [5.41, 5.74) is 2.59. The lowest BCUT2D eigenvalue weighted by Gasteiger charge is -2.32. The number of aromatic nitrogens is 2. The third-order valence-corrected chi connectivity index (χ3v) is 4.31. The Morgan fingerprint density at radius 1 is 1.33 bits per heavy atom. The van der Waals surface area contributed by atoms with Gasteiger partial charge in [-0.25, -0.2) is 0 Å². The average molecular weight is 315 g/mol. The normalized spacial score (nSPS) is 15.9. The van der Waals surface area contributed by atoms with Crippen LogP contribution in [0, 0.1) is 19.8 Å². The molecule has 0 spiro atoms. The van der Waals surface area contributed by atoms with Crippen molar-refractivity contribution in [3.8, 4) is 0 Å². The zero-order valence-corrected chi connectivity index (χ0v) is 14.3. The molecule has 21 heavy (non-hydrogen) atoms. The Morgan fingerprint density at radius 2 is 1.95 bits per heavy atom. The first-order chi connectivity index (χ1) is 9.54. The maximum absolute atomic E-state index is 12.6. The number of hydrogen-bond donors (Lipinski definition) is 1. The maximum Gasteiger partial charge on any atom is 0.257 e. The lowest BCUT2D eigenvalue weighted by Crippen LogP contribution is -2.41. The highest BCUT2D eigenvalue weighted by Crippen LogP contribution is 2.21. The molecule has 0 bridgehead atoms. The van der Waals surface area contributed by atoms with Crippen LogP contribution in [0.4, 0.5) is 0 Å². The van der Waals surface area contributed by atoms with Gasteiger partial charge in [0.1, 0.15) is 0 Å². The number of hydrogen-bond acceptors (Lipinski definition) is 3. The number of carbonyl (C=O) groups is 1. The monoisotopic (exact) mass is 314 g/mol. The topological polar surface area (TPSA) is 50.2 Å². The molecule has 1 fully saturated rings. The van der Waals surface area contributed by atoms with Crippen LogP contribution in [0.1, 0.15) is 41.5 Å². The third-order valence-electron chi connectivity index (χ3n) is 4.31. The summed E-state index contributed by atoms with van der Waals surface area (Å²) in [5.74, 6) is 0.852. The molecule has 1 N–H and O–H groups in total. The average Bonchev–Trinajstić information content (AvgIpc) is 2.70. The molecule has 0 atom stereocenters. The zero-order valence-electron chi connectivity index (χ0n) is 13.5. The van der Waals surface area contributed by atoms with Gasteiger partial charge < -0.3 is 10.2 Å². The summed E-state index contributed by atoms with van der Waals surface area (Å²) in [6.07, 6.45) is 2.19. The highest BCUT2D eigenvalue weighted by Gasteiger charge is 2.26. The first-order valence-corrected chi connectivity index (χ1v) is 7.54.